The fourth-order valence-corrected chi connectivity index (χ4v) is 1.74. The minimum atomic E-state index is -3.03. The van der Waals surface area contributed by atoms with Crippen LogP contribution in [0.5, 0.6) is 5.75 Å². The van der Waals surface area contributed by atoms with E-state index in [0.717, 1.165) is 6.07 Å². The van der Waals surface area contributed by atoms with E-state index in [-0.39, 0.29) is 16.9 Å². The minimum Gasteiger partial charge on any atom is -0.434 e. The lowest BCUT2D eigenvalue weighted by Gasteiger charge is -2.10. The predicted molar refractivity (Wildman–Crippen MR) is 67.6 cm³/mol. The zero-order valence-corrected chi connectivity index (χ0v) is 10.6. The van der Waals surface area contributed by atoms with Crippen LogP contribution >= 0.6 is 0 Å². The number of benzene rings is 2. The number of ketones is 1. The van der Waals surface area contributed by atoms with E-state index in [0.29, 0.717) is 5.56 Å². The fourth-order valence-electron chi connectivity index (χ4n) is 1.74. The van der Waals surface area contributed by atoms with Crippen molar-refractivity contribution in [2.75, 3.05) is 0 Å². The Morgan fingerprint density at radius 1 is 1.15 bits per heavy atom. The number of carbonyl (C=O) groups excluding carboxylic acids is 1. The maximum absolute atomic E-state index is 13.5. The standard InChI is InChI=1S/C15H11F3O2/c1-9-6-7-10(8-12(9)16)14(19)11-4-2-3-5-13(11)20-15(17)18/h2-8,15H,1H3. The first-order valence-corrected chi connectivity index (χ1v) is 5.83. The molecular formula is C15H11F3O2. The molecule has 2 aromatic carbocycles. The van der Waals surface area contributed by atoms with Crippen LogP contribution in [0.3, 0.4) is 0 Å². The number of hydrogen-bond acceptors (Lipinski definition) is 2. The summed E-state index contributed by atoms with van der Waals surface area (Å²) in [6, 6.07) is 9.61. The van der Waals surface area contributed by atoms with Crippen LogP contribution in [0, 0.1) is 12.7 Å². The van der Waals surface area contributed by atoms with Crippen molar-refractivity contribution in [3.8, 4) is 5.75 Å². The molecular weight excluding hydrogens is 269 g/mol. The maximum atomic E-state index is 13.5. The number of hydrogen-bond donors (Lipinski definition) is 0. The van der Waals surface area contributed by atoms with Crippen LogP contribution in [0.15, 0.2) is 42.5 Å². The molecule has 0 spiro atoms. The Morgan fingerprint density at radius 2 is 1.85 bits per heavy atom. The van der Waals surface area contributed by atoms with Gasteiger partial charge in [-0.3, -0.25) is 4.79 Å². The summed E-state index contributed by atoms with van der Waals surface area (Å²) < 4.78 is 42.3. The maximum Gasteiger partial charge on any atom is 0.387 e. The van der Waals surface area contributed by atoms with E-state index in [1.165, 1.54) is 36.4 Å². The summed E-state index contributed by atoms with van der Waals surface area (Å²) in [7, 11) is 0. The first-order chi connectivity index (χ1) is 9.49. The van der Waals surface area contributed by atoms with E-state index in [1.807, 2.05) is 0 Å². The Morgan fingerprint density at radius 3 is 2.50 bits per heavy atom. The normalized spacial score (nSPS) is 10.7. The predicted octanol–water partition coefficient (Wildman–Crippen LogP) is 3.97. The summed E-state index contributed by atoms with van der Waals surface area (Å²) in [6.45, 7) is -1.46. The summed E-state index contributed by atoms with van der Waals surface area (Å²) in [6.07, 6.45) is 0. The van der Waals surface area contributed by atoms with Gasteiger partial charge in [-0.25, -0.2) is 4.39 Å². The van der Waals surface area contributed by atoms with Crippen LogP contribution in [0.25, 0.3) is 0 Å². The van der Waals surface area contributed by atoms with Gasteiger partial charge in [0.1, 0.15) is 11.6 Å². The van der Waals surface area contributed by atoms with Crippen molar-refractivity contribution in [2.45, 2.75) is 13.5 Å². The third-order valence-corrected chi connectivity index (χ3v) is 2.78. The lowest BCUT2D eigenvalue weighted by Crippen LogP contribution is -2.09. The Bertz CT molecular complexity index is 639. The Balaban J connectivity index is 2.40. The van der Waals surface area contributed by atoms with Gasteiger partial charge in [-0.05, 0) is 30.7 Å². The largest absolute Gasteiger partial charge is 0.434 e. The zero-order chi connectivity index (χ0) is 14.7. The van der Waals surface area contributed by atoms with Gasteiger partial charge in [0.25, 0.3) is 0 Å². The number of alkyl halides is 2. The second kappa shape index (κ2) is 5.77. The molecule has 5 heteroatoms. The molecule has 0 fully saturated rings. The van der Waals surface area contributed by atoms with Crippen LogP contribution in [0.1, 0.15) is 21.5 Å². The van der Waals surface area contributed by atoms with Gasteiger partial charge in [-0.15, -0.1) is 0 Å². The molecule has 2 aromatic rings. The molecule has 2 rings (SSSR count). The van der Waals surface area contributed by atoms with Crippen molar-refractivity contribution in [1.82, 2.24) is 0 Å². The first-order valence-electron chi connectivity index (χ1n) is 5.83. The van der Waals surface area contributed by atoms with Gasteiger partial charge in [0.2, 0.25) is 0 Å². The van der Waals surface area contributed by atoms with E-state index < -0.39 is 18.2 Å². The number of rotatable bonds is 4. The van der Waals surface area contributed by atoms with Crippen LogP contribution < -0.4 is 4.74 Å². The van der Waals surface area contributed by atoms with E-state index >= 15 is 0 Å². The van der Waals surface area contributed by atoms with Crippen molar-refractivity contribution < 1.29 is 22.7 Å². The molecule has 0 heterocycles. The topological polar surface area (TPSA) is 26.3 Å². The minimum absolute atomic E-state index is 0.0314. The Kier molecular flexibility index (Phi) is 4.08. The van der Waals surface area contributed by atoms with Gasteiger partial charge in [-0.2, -0.15) is 8.78 Å². The third-order valence-electron chi connectivity index (χ3n) is 2.78. The zero-order valence-electron chi connectivity index (χ0n) is 10.6. The summed E-state index contributed by atoms with van der Waals surface area (Å²) in [5, 5.41) is 0. The molecule has 0 unspecified atom stereocenters. The molecule has 0 N–H and O–H groups in total. The molecule has 0 amide bonds. The number of halogens is 3. The number of aryl methyl sites for hydroxylation is 1. The van der Waals surface area contributed by atoms with Crippen LogP contribution in [-0.2, 0) is 0 Å². The molecule has 0 bridgehead atoms. The number of ether oxygens (including phenoxy) is 1. The van der Waals surface area contributed by atoms with Crippen LogP contribution in [-0.4, -0.2) is 12.4 Å². The van der Waals surface area contributed by atoms with E-state index in [2.05, 4.69) is 4.74 Å². The van der Waals surface area contributed by atoms with Gasteiger partial charge in [0.05, 0.1) is 5.56 Å². The molecule has 0 saturated heterocycles. The average Bonchev–Trinajstić information content (AvgIpc) is 2.41. The molecule has 0 aliphatic rings. The molecule has 0 saturated carbocycles. The average molecular weight is 280 g/mol. The number of carbonyl (C=O) groups is 1. The van der Waals surface area contributed by atoms with Crippen molar-refractivity contribution in [3.63, 3.8) is 0 Å². The van der Waals surface area contributed by atoms with Gasteiger partial charge in [-0.1, -0.05) is 24.3 Å². The van der Waals surface area contributed by atoms with Crippen molar-refractivity contribution >= 4 is 5.78 Å². The molecule has 0 aromatic heterocycles. The van der Waals surface area contributed by atoms with Gasteiger partial charge in [0, 0.05) is 5.56 Å². The summed E-state index contributed by atoms with van der Waals surface area (Å²) in [5.41, 5.74) is 0.452. The second-order valence-electron chi connectivity index (χ2n) is 4.17. The molecule has 0 atom stereocenters. The lowest BCUT2D eigenvalue weighted by atomic mass is 10.0. The Labute approximate surface area is 113 Å². The van der Waals surface area contributed by atoms with Crippen molar-refractivity contribution in [1.29, 1.82) is 0 Å². The highest BCUT2D eigenvalue weighted by atomic mass is 19.3. The van der Waals surface area contributed by atoms with Crippen molar-refractivity contribution in [3.05, 3.63) is 65.0 Å². The van der Waals surface area contributed by atoms with Crippen LogP contribution in [0.4, 0.5) is 13.2 Å². The van der Waals surface area contributed by atoms with E-state index in [4.69, 9.17) is 0 Å². The van der Waals surface area contributed by atoms with Gasteiger partial charge >= 0.3 is 6.61 Å². The van der Waals surface area contributed by atoms with E-state index in [9.17, 15) is 18.0 Å². The third kappa shape index (κ3) is 2.99. The van der Waals surface area contributed by atoms with E-state index in [1.54, 1.807) is 6.92 Å². The lowest BCUT2D eigenvalue weighted by molar-refractivity contribution is -0.0501. The Hall–Kier alpha value is -2.30. The molecule has 104 valence electrons. The molecule has 0 aliphatic heterocycles. The second-order valence-corrected chi connectivity index (χ2v) is 4.17. The summed E-state index contributed by atoms with van der Waals surface area (Å²) in [5.74, 6) is -1.32. The van der Waals surface area contributed by atoms with Gasteiger partial charge in [0.15, 0.2) is 5.78 Å². The van der Waals surface area contributed by atoms with Crippen LogP contribution in [0.2, 0.25) is 0 Å². The molecule has 2 nitrogen and oxygen atoms in total. The SMILES string of the molecule is Cc1ccc(C(=O)c2ccccc2OC(F)F)cc1F. The molecule has 0 aliphatic carbocycles. The van der Waals surface area contributed by atoms with Crippen molar-refractivity contribution in [2.24, 2.45) is 0 Å². The quantitative estimate of drug-likeness (QED) is 0.792. The number of para-hydroxylation sites is 1. The summed E-state index contributed by atoms with van der Waals surface area (Å²) >= 11 is 0. The highest BCUT2D eigenvalue weighted by Gasteiger charge is 2.17. The first kappa shape index (κ1) is 14.1. The molecule has 0 radical (unpaired) electrons. The molecule has 20 heavy (non-hydrogen) atoms. The van der Waals surface area contributed by atoms with Gasteiger partial charge < -0.3 is 4.74 Å². The highest BCUT2D eigenvalue weighted by molar-refractivity contribution is 6.10. The monoisotopic (exact) mass is 280 g/mol. The smallest absolute Gasteiger partial charge is 0.387 e. The highest BCUT2D eigenvalue weighted by Crippen LogP contribution is 2.24. The fraction of sp³-hybridized carbons (Fsp3) is 0.133. The summed E-state index contributed by atoms with van der Waals surface area (Å²) in [4.78, 5) is 12.2.